The van der Waals surface area contributed by atoms with Crippen molar-refractivity contribution in [2.45, 2.75) is 20.1 Å². The minimum Gasteiger partial charge on any atom is -0.389 e. The highest BCUT2D eigenvalue weighted by Crippen LogP contribution is 2.13. The second-order valence-electron chi connectivity index (χ2n) is 4.48. The first-order valence-electron chi connectivity index (χ1n) is 6.18. The van der Waals surface area contributed by atoms with Gasteiger partial charge in [-0.15, -0.1) is 0 Å². The average Bonchev–Trinajstić information content (AvgIpc) is 2.41. The third-order valence-electron chi connectivity index (χ3n) is 3.00. The van der Waals surface area contributed by atoms with Gasteiger partial charge in [0.2, 0.25) is 0 Å². The molecule has 0 atom stereocenters. The zero-order valence-electron chi connectivity index (χ0n) is 10.9. The lowest BCUT2D eigenvalue weighted by molar-refractivity contribution is 0.107. The average molecular weight is 271 g/mol. The molecule has 19 heavy (non-hydrogen) atoms. The van der Waals surface area contributed by atoms with Crippen molar-refractivity contribution in [3.63, 3.8) is 0 Å². The van der Waals surface area contributed by atoms with E-state index in [4.69, 9.17) is 22.7 Å². The first kappa shape index (κ1) is 13.7. The fourth-order valence-corrected chi connectivity index (χ4v) is 1.99. The molecule has 0 saturated heterocycles. The number of aryl methyl sites for hydroxylation is 1. The Morgan fingerprint density at radius 2 is 1.84 bits per heavy atom. The summed E-state index contributed by atoms with van der Waals surface area (Å²) < 4.78 is 5.72. The number of nitrogens with two attached hydrogens (primary N) is 1. The molecule has 0 amide bonds. The van der Waals surface area contributed by atoms with Gasteiger partial charge in [-0.05, 0) is 29.7 Å². The third-order valence-corrected chi connectivity index (χ3v) is 3.23. The van der Waals surface area contributed by atoms with Crippen LogP contribution in [0, 0.1) is 6.92 Å². The summed E-state index contributed by atoms with van der Waals surface area (Å²) in [5, 5.41) is 0. The highest BCUT2D eigenvalue weighted by molar-refractivity contribution is 7.80. The van der Waals surface area contributed by atoms with Gasteiger partial charge in [0.25, 0.3) is 0 Å². The molecule has 0 aliphatic rings. The molecule has 2 nitrogen and oxygen atoms in total. The molecule has 2 aromatic rings. The normalized spacial score (nSPS) is 10.4. The molecule has 0 radical (unpaired) electrons. The van der Waals surface area contributed by atoms with Crippen molar-refractivity contribution in [2.24, 2.45) is 5.73 Å². The SMILES string of the molecule is Cc1cc(C(N)=S)ccc1COCc1ccccc1. The van der Waals surface area contributed by atoms with E-state index in [-0.39, 0.29) is 0 Å². The predicted octanol–water partition coefficient (Wildman–Crippen LogP) is 3.35. The predicted molar refractivity (Wildman–Crippen MR) is 82.0 cm³/mol. The largest absolute Gasteiger partial charge is 0.389 e. The van der Waals surface area contributed by atoms with Crippen LogP contribution < -0.4 is 5.73 Å². The van der Waals surface area contributed by atoms with Gasteiger partial charge in [0, 0.05) is 5.56 Å². The summed E-state index contributed by atoms with van der Waals surface area (Å²) in [4.78, 5) is 0.430. The van der Waals surface area contributed by atoms with Crippen LogP contribution in [0.3, 0.4) is 0 Å². The Morgan fingerprint density at radius 3 is 2.47 bits per heavy atom. The number of benzene rings is 2. The van der Waals surface area contributed by atoms with E-state index >= 15 is 0 Å². The summed E-state index contributed by atoms with van der Waals surface area (Å²) >= 11 is 4.96. The van der Waals surface area contributed by atoms with E-state index in [9.17, 15) is 0 Å². The Hall–Kier alpha value is -1.71. The van der Waals surface area contributed by atoms with Gasteiger partial charge in [-0.2, -0.15) is 0 Å². The number of hydrogen-bond acceptors (Lipinski definition) is 2. The molecular formula is C16H17NOS. The van der Waals surface area contributed by atoms with E-state index < -0.39 is 0 Å². The molecule has 98 valence electrons. The summed E-state index contributed by atoms with van der Waals surface area (Å²) in [7, 11) is 0. The lowest BCUT2D eigenvalue weighted by atomic mass is 10.1. The molecule has 0 aliphatic heterocycles. The third kappa shape index (κ3) is 3.88. The van der Waals surface area contributed by atoms with E-state index in [2.05, 4.69) is 12.1 Å². The molecule has 0 spiro atoms. The van der Waals surface area contributed by atoms with Gasteiger partial charge in [-0.1, -0.05) is 54.7 Å². The van der Waals surface area contributed by atoms with Crippen molar-refractivity contribution in [1.29, 1.82) is 0 Å². The van der Waals surface area contributed by atoms with Crippen molar-refractivity contribution in [3.05, 3.63) is 70.8 Å². The molecule has 0 heterocycles. The molecule has 0 bridgehead atoms. The van der Waals surface area contributed by atoms with Crippen LogP contribution in [-0.4, -0.2) is 4.99 Å². The lowest BCUT2D eigenvalue weighted by Crippen LogP contribution is -2.10. The van der Waals surface area contributed by atoms with Crippen molar-refractivity contribution in [3.8, 4) is 0 Å². The summed E-state index contributed by atoms with van der Waals surface area (Å²) in [5.74, 6) is 0. The monoisotopic (exact) mass is 271 g/mol. The molecule has 0 fully saturated rings. The van der Waals surface area contributed by atoms with E-state index in [1.54, 1.807) is 0 Å². The van der Waals surface area contributed by atoms with E-state index in [0.29, 0.717) is 18.2 Å². The van der Waals surface area contributed by atoms with E-state index in [0.717, 1.165) is 16.7 Å². The van der Waals surface area contributed by atoms with Crippen molar-refractivity contribution >= 4 is 17.2 Å². The van der Waals surface area contributed by atoms with Crippen molar-refractivity contribution in [2.75, 3.05) is 0 Å². The summed E-state index contributed by atoms with van der Waals surface area (Å²) in [6.45, 7) is 3.26. The maximum Gasteiger partial charge on any atom is 0.103 e. The Kier molecular flexibility index (Phi) is 4.66. The van der Waals surface area contributed by atoms with E-state index in [1.807, 2.05) is 43.3 Å². The summed E-state index contributed by atoms with van der Waals surface area (Å²) in [6.07, 6.45) is 0. The smallest absolute Gasteiger partial charge is 0.103 e. The highest BCUT2D eigenvalue weighted by Gasteiger charge is 2.02. The minimum atomic E-state index is 0.430. The number of rotatable bonds is 5. The van der Waals surface area contributed by atoms with Gasteiger partial charge < -0.3 is 10.5 Å². The molecule has 2 N–H and O–H groups in total. The first-order chi connectivity index (χ1) is 9.16. The van der Waals surface area contributed by atoms with Gasteiger partial charge in [-0.25, -0.2) is 0 Å². The summed E-state index contributed by atoms with van der Waals surface area (Å²) in [5.41, 5.74) is 10.0. The van der Waals surface area contributed by atoms with Crippen molar-refractivity contribution < 1.29 is 4.74 Å². The molecule has 3 heteroatoms. The van der Waals surface area contributed by atoms with Crippen molar-refractivity contribution in [1.82, 2.24) is 0 Å². The van der Waals surface area contributed by atoms with Gasteiger partial charge >= 0.3 is 0 Å². The van der Waals surface area contributed by atoms with Crippen LogP contribution in [-0.2, 0) is 18.0 Å². The Balaban J connectivity index is 1.95. The van der Waals surface area contributed by atoms with Crippen LogP contribution >= 0.6 is 12.2 Å². The van der Waals surface area contributed by atoms with Gasteiger partial charge in [0.15, 0.2) is 0 Å². The molecule has 0 aliphatic carbocycles. The van der Waals surface area contributed by atoms with Gasteiger partial charge in [0.05, 0.1) is 13.2 Å². The zero-order chi connectivity index (χ0) is 13.7. The topological polar surface area (TPSA) is 35.2 Å². The van der Waals surface area contributed by atoms with Gasteiger partial charge in [-0.3, -0.25) is 0 Å². The van der Waals surface area contributed by atoms with Crippen LogP contribution in [0.4, 0.5) is 0 Å². The standard InChI is InChI=1S/C16H17NOS/c1-12-9-14(16(17)19)7-8-15(12)11-18-10-13-5-3-2-4-6-13/h2-9H,10-11H2,1H3,(H2,17,19). The summed E-state index contributed by atoms with van der Waals surface area (Å²) in [6, 6.07) is 16.1. The molecule has 0 unspecified atom stereocenters. The Bertz CT molecular complexity index is 566. The number of hydrogen-bond donors (Lipinski definition) is 1. The minimum absolute atomic E-state index is 0.430. The van der Waals surface area contributed by atoms with Crippen LogP contribution in [0.1, 0.15) is 22.3 Å². The fourth-order valence-electron chi connectivity index (χ4n) is 1.86. The number of ether oxygens (including phenoxy) is 1. The first-order valence-corrected chi connectivity index (χ1v) is 6.58. The quantitative estimate of drug-likeness (QED) is 0.847. The van der Waals surface area contributed by atoms with E-state index in [1.165, 1.54) is 5.56 Å². The molecular weight excluding hydrogens is 254 g/mol. The molecule has 2 rings (SSSR count). The lowest BCUT2D eigenvalue weighted by Gasteiger charge is -2.09. The second kappa shape index (κ2) is 6.45. The maximum absolute atomic E-state index is 5.72. The van der Waals surface area contributed by atoms with Gasteiger partial charge in [0.1, 0.15) is 4.99 Å². The zero-order valence-corrected chi connectivity index (χ0v) is 11.7. The second-order valence-corrected chi connectivity index (χ2v) is 4.92. The van der Waals surface area contributed by atoms with Crippen LogP contribution in [0.25, 0.3) is 0 Å². The fraction of sp³-hybridized carbons (Fsp3) is 0.188. The molecule has 2 aromatic carbocycles. The van der Waals surface area contributed by atoms with Crippen LogP contribution in [0.15, 0.2) is 48.5 Å². The van der Waals surface area contributed by atoms with Crippen LogP contribution in [0.5, 0.6) is 0 Å². The molecule has 0 saturated carbocycles. The van der Waals surface area contributed by atoms with Crippen LogP contribution in [0.2, 0.25) is 0 Å². The number of thiocarbonyl (C=S) groups is 1. The molecule has 0 aromatic heterocycles. The maximum atomic E-state index is 5.72. The Labute approximate surface area is 119 Å². The Morgan fingerprint density at radius 1 is 1.11 bits per heavy atom. The highest BCUT2D eigenvalue weighted by atomic mass is 32.1.